The minimum Gasteiger partial charge on any atom is -0.478 e. The van der Waals surface area contributed by atoms with E-state index in [0.717, 1.165) is 17.0 Å². The van der Waals surface area contributed by atoms with Gasteiger partial charge in [0.25, 0.3) is 0 Å². The molecule has 2 aromatic rings. The highest BCUT2D eigenvalue weighted by molar-refractivity contribution is 5.91. The summed E-state index contributed by atoms with van der Waals surface area (Å²) in [7, 11) is 1.91. The van der Waals surface area contributed by atoms with Gasteiger partial charge in [-0.25, -0.2) is 4.79 Å². The zero-order valence-electron chi connectivity index (χ0n) is 12.0. The molecule has 3 nitrogen and oxygen atoms in total. The van der Waals surface area contributed by atoms with Gasteiger partial charge < -0.3 is 9.67 Å². The number of aromatic nitrogens is 1. The number of hydrogen-bond acceptors (Lipinski definition) is 1. The van der Waals surface area contributed by atoms with Crippen LogP contribution in [0.2, 0.25) is 0 Å². The monoisotopic (exact) mass is 257 g/mol. The molecular formula is C16H19NO2. The summed E-state index contributed by atoms with van der Waals surface area (Å²) >= 11 is 0. The maximum absolute atomic E-state index is 11.2. The molecule has 1 aromatic carbocycles. The molecule has 19 heavy (non-hydrogen) atoms. The first kappa shape index (κ1) is 13.4. The lowest BCUT2D eigenvalue weighted by Gasteiger charge is -2.12. The van der Waals surface area contributed by atoms with Crippen molar-refractivity contribution in [3.8, 4) is 11.3 Å². The molecule has 0 radical (unpaired) electrons. The lowest BCUT2D eigenvalue weighted by atomic mass is 9.97. The van der Waals surface area contributed by atoms with Crippen molar-refractivity contribution >= 4 is 5.97 Å². The summed E-state index contributed by atoms with van der Waals surface area (Å²) in [5.74, 6) is -0.874. The van der Waals surface area contributed by atoms with Crippen LogP contribution in [0.15, 0.2) is 18.2 Å². The fourth-order valence-electron chi connectivity index (χ4n) is 2.41. The van der Waals surface area contributed by atoms with Gasteiger partial charge in [0.2, 0.25) is 0 Å². The van der Waals surface area contributed by atoms with Gasteiger partial charge in [0.05, 0.1) is 5.56 Å². The first-order valence-corrected chi connectivity index (χ1v) is 6.31. The van der Waals surface area contributed by atoms with Crippen molar-refractivity contribution < 1.29 is 9.90 Å². The molecular weight excluding hydrogens is 238 g/mol. The van der Waals surface area contributed by atoms with E-state index in [1.807, 2.05) is 18.5 Å². The summed E-state index contributed by atoms with van der Waals surface area (Å²) in [6.45, 7) is 8.11. The largest absolute Gasteiger partial charge is 0.478 e. The number of carboxylic acid groups (broad SMARTS) is 1. The Balaban J connectivity index is 2.70. The molecule has 0 bridgehead atoms. The van der Waals surface area contributed by atoms with Gasteiger partial charge in [-0.15, -0.1) is 0 Å². The molecule has 3 heteroatoms. The van der Waals surface area contributed by atoms with E-state index >= 15 is 0 Å². The third-order valence-corrected chi connectivity index (χ3v) is 4.10. The highest BCUT2D eigenvalue weighted by Crippen LogP contribution is 2.30. The van der Waals surface area contributed by atoms with E-state index < -0.39 is 5.97 Å². The number of carboxylic acids is 1. The van der Waals surface area contributed by atoms with Gasteiger partial charge in [0.15, 0.2) is 0 Å². The average Bonchev–Trinajstić information content (AvgIpc) is 2.64. The molecule has 2 rings (SSSR count). The lowest BCUT2D eigenvalue weighted by Crippen LogP contribution is -2.00. The van der Waals surface area contributed by atoms with E-state index in [1.54, 1.807) is 6.07 Å². The van der Waals surface area contributed by atoms with Gasteiger partial charge in [0, 0.05) is 24.0 Å². The Hall–Kier alpha value is -2.03. The predicted octanol–water partition coefficient (Wildman–Crippen LogP) is 3.62. The molecule has 0 amide bonds. The van der Waals surface area contributed by atoms with E-state index in [0.29, 0.717) is 5.56 Å². The standard InChI is InChI=1S/C16H19NO2/c1-9-6-7-13(11(3)10(9)2)15-8-14(16(18)19)12(4)17(15)5/h6-8H,1-5H3,(H,18,19). The fraction of sp³-hybridized carbons (Fsp3) is 0.312. The molecule has 100 valence electrons. The van der Waals surface area contributed by atoms with E-state index in [-0.39, 0.29) is 0 Å². The molecule has 1 heterocycles. The SMILES string of the molecule is Cc1ccc(-c2cc(C(=O)O)c(C)n2C)c(C)c1C. The minimum atomic E-state index is -0.874. The first-order chi connectivity index (χ1) is 8.84. The molecule has 0 saturated heterocycles. The second-order valence-corrected chi connectivity index (χ2v) is 5.07. The molecule has 0 spiro atoms. The summed E-state index contributed by atoms with van der Waals surface area (Å²) in [5.41, 5.74) is 6.92. The lowest BCUT2D eigenvalue weighted by molar-refractivity contribution is 0.0696. The van der Waals surface area contributed by atoms with Gasteiger partial charge in [-0.3, -0.25) is 0 Å². The van der Waals surface area contributed by atoms with E-state index in [1.165, 1.54) is 16.7 Å². The van der Waals surface area contributed by atoms with Crippen LogP contribution in [-0.4, -0.2) is 15.6 Å². The average molecular weight is 257 g/mol. The van der Waals surface area contributed by atoms with Crippen molar-refractivity contribution in [3.63, 3.8) is 0 Å². The van der Waals surface area contributed by atoms with Crippen LogP contribution in [0.25, 0.3) is 11.3 Å². The Morgan fingerprint density at radius 2 is 1.74 bits per heavy atom. The quantitative estimate of drug-likeness (QED) is 0.892. The second-order valence-electron chi connectivity index (χ2n) is 5.07. The van der Waals surface area contributed by atoms with Crippen LogP contribution in [-0.2, 0) is 7.05 Å². The third kappa shape index (κ3) is 2.05. The molecule has 0 aliphatic rings. The highest BCUT2D eigenvalue weighted by Gasteiger charge is 2.17. The van der Waals surface area contributed by atoms with Crippen molar-refractivity contribution in [2.24, 2.45) is 7.05 Å². The van der Waals surface area contributed by atoms with Gasteiger partial charge in [-0.05, 0) is 50.5 Å². The van der Waals surface area contributed by atoms with Gasteiger partial charge >= 0.3 is 5.97 Å². The summed E-state index contributed by atoms with van der Waals surface area (Å²) in [4.78, 5) is 11.2. The maximum Gasteiger partial charge on any atom is 0.337 e. The zero-order chi connectivity index (χ0) is 14.3. The van der Waals surface area contributed by atoms with Crippen LogP contribution in [0.1, 0.15) is 32.7 Å². The van der Waals surface area contributed by atoms with Crippen molar-refractivity contribution in [2.45, 2.75) is 27.7 Å². The van der Waals surface area contributed by atoms with Crippen LogP contribution in [0.5, 0.6) is 0 Å². The zero-order valence-corrected chi connectivity index (χ0v) is 12.0. The van der Waals surface area contributed by atoms with Gasteiger partial charge in [-0.2, -0.15) is 0 Å². The number of aromatic carboxylic acids is 1. The summed E-state index contributed by atoms with van der Waals surface area (Å²) in [6, 6.07) is 5.91. The Bertz CT molecular complexity index is 666. The molecule has 0 fully saturated rings. The molecule has 0 aliphatic heterocycles. The number of benzene rings is 1. The van der Waals surface area contributed by atoms with Crippen molar-refractivity contribution in [1.29, 1.82) is 0 Å². The molecule has 1 aromatic heterocycles. The van der Waals surface area contributed by atoms with E-state index in [2.05, 4.69) is 32.9 Å². The highest BCUT2D eigenvalue weighted by atomic mass is 16.4. The molecule has 0 atom stereocenters. The number of rotatable bonds is 2. The van der Waals surface area contributed by atoms with E-state index in [4.69, 9.17) is 0 Å². The Morgan fingerprint density at radius 1 is 1.11 bits per heavy atom. The van der Waals surface area contributed by atoms with Crippen LogP contribution in [0, 0.1) is 27.7 Å². The van der Waals surface area contributed by atoms with Gasteiger partial charge in [-0.1, -0.05) is 12.1 Å². The Kier molecular flexibility index (Phi) is 3.23. The fourth-order valence-corrected chi connectivity index (χ4v) is 2.41. The summed E-state index contributed by atoms with van der Waals surface area (Å²) in [5, 5.41) is 9.21. The Morgan fingerprint density at radius 3 is 2.26 bits per heavy atom. The summed E-state index contributed by atoms with van der Waals surface area (Å²) < 4.78 is 1.94. The van der Waals surface area contributed by atoms with Crippen molar-refractivity contribution in [2.75, 3.05) is 0 Å². The van der Waals surface area contributed by atoms with Crippen molar-refractivity contribution in [3.05, 3.63) is 46.1 Å². The molecule has 1 N–H and O–H groups in total. The number of aryl methyl sites for hydroxylation is 1. The maximum atomic E-state index is 11.2. The number of carbonyl (C=O) groups is 1. The predicted molar refractivity (Wildman–Crippen MR) is 76.8 cm³/mol. The number of nitrogens with zero attached hydrogens (tertiary/aromatic N) is 1. The van der Waals surface area contributed by atoms with Crippen LogP contribution in [0.3, 0.4) is 0 Å². The minimum absolute atomic E-state index is 0.370. The van der Waals surface area contributed by atoms with E-state index in [9.17, 15) is 9.90 Å². The summed E-state index contributed by atoms with van der Waals surface area (Å²) in [6.07, 6.45) is 0. The first-order valence-electron chi connectivity index (χ1n) is 6.31. The third-order valence-electron chi connectivity index (χ3n) is 4.10. The van der Waals surface area contributed by atoms with Crippen molar-refractivity contribution in [1.82, 2.24) is 4.57 Å². The molecule has 0 aliphatic carbocycles. The number of hydrogen-bond donors (Lipinski definition) is 1. The van der Waals surface area contributed by atoms with Gasteiger partial charge in [0.1, 0.15) is 0 Å². The smallest absolute Gasteiger partial charge is 0.337 e. The van der Waals surface area contributed by atoms with Crippen LogP contribution in [0.4, 0.5) is 0 Å². The normalized spacial score (nSPS) is 10.8. The molecule has 0 unspecified atom stereocenters. The Labute approximate surface area is 113 Å². The topological polar surface area (TPSA) is 42.2 Å². The van der Waals surface area contributed by atoms with Crippen LogP contribution >= 0.6 is 0 Å². The second kappa shape index (κ2) is 4.57. The van der Waals surface area contributed by atoms with Crippen LogP contribution < -0.4 is 0 Å². The molecule has 0 saturated carbocycles.